The third kappa shape index (κ3) is 3.82. The van der Waals surface area contributed by atoms with Crippen LogP contribution in [0.3, 0.4) is 0 Å². The van der Waals surface area contributed by atoms with Crippen LogP contribution in [0.4, 0.5) is 0 Å². The number of nitrogens with one attached hydrogen (secondary N) is 1. The first-order valence-corrected chi connectivity index (χ1v) is 7.23. The molecular weight excluding hydrogens is 256 g/mol. The molecule has 0 bridgehead atoms. The summed E-state index contributed by atoms with van der Waals surface area (Å²) >= 11 is 0. The van der Waals surface area contributed by atoms with E-state index in [4.69, 9.17) is 11.1 Å². The van der Waals surface area contributed by atoms with Crippen LogP contribution in [0, 0.1) is 5.41 Å². The normalized spacial score (nSPS) is 19.3. The summed E-state index contributed by atoms with van der Waals surface area (Å²) in [6, 6.07) is 8.46. The maximum Gasteiger partial charge on any atom is 0.0270 e. The van der Waals surface area contributed by atoms with Crippen LogP contribution in [-0.2, 0) is 0 Å². The molecule has 2 nitrogen and oxygen atoms in total. The molecule has 2 heteroatoms. The summed E-state index contributed by atoms with van der Waals surface area (Å²) < 4.78 is 0. The summed E-state index contributed by atoms with van der Waals surface area (Å²) in [5, 5.41) is 7.58. The fourth-order valence-electron chi connectivity index (χ4n) is 2.34. The minimum atomic E-state index is 0.399. The quantitative estimate of drug-likeness (QED) is 0.615. The van der Waals surface area contributed by atoms with Gasteiger partial charge >= 0.3 is 0 Å². The molecule has 0 radical (unpaired) electrons. The first-order valence-electron chi connectivity index (χ1n) is 7.23. The van der Waals surface area contributed by atoms with Crippen LogP contribution in [-0.4, -0.2) is 6.21 Å². The Bertz CT molecular complexity index is 628. The molecule has 1 unspecified atom stereocenters. The molecule has 1 atom stereocenters. The van der Waals surface area contributed by atoms with Gasteiger partial charge < -0.3 is 11.1 Å². The van der Waals surface area contributed by atoms with Crippen molar-refractivity contribution in [2.45, 2.75) is 26.2 Å². The van der Waals surface area contributed by atoms with E-state index in [1.807, 2.05) is 32.1 Å². The van der Waals surface area contributed by atoms with Crippen molar-refractivity contribution in [1.82, 2.24) is 0 Å². The van der Waals surface area contributed by atoms with Crippen LogP contribution in [0.1, 0.15) is 37.3 Å². The largest absolute Gasteiger partial charge is 0.399 e. The second-order valence-corrected chi connectivity index (χ2v) is 5.30. The lowest BCUT2D eigenvalue weighted by atomic mass is 9.90. The third-order valence-electron chi connectivity index (χ3n) is 3.79. The molecule has 0 spiro atoms. The summed E-state index contributed by atoms with van der Waals surface area (Å²) in [4.78, 5) is 0. The molecule has 0 amide bonds. The zero-order valence-electron chi connectivity index (χ0n) is 12.6. The standard InChI is InChI=1S/C19H22N2/c1-3-14(2)12-18(13-20)17-6-4-15(5-7-17)16-8-10-19(21)11-9-16/h3-8,10-13,16,20H,9,21H2,1-2H3/b14-3-,18-12+,20-13?. The summed E-state index contributed by atoms with van der Waals surface area (Å²) in [5.41, 5.74) is 11.0. The van der Waals surface area contributed by atoms with Gasteiger partial charge in [0.05, 0.1) is 0 Å². The maximum absolute atomic E-state index is 7.58. The predicted octanol–water partition coefficient (Wildman–Crippen LogP) is 4.57. The molecule has 0 heterocycles. The zero-order valence-corrected chi connectivity index (χ0v) is 12.6. The van der Waals surface area contributed by atoms with Gasteiger partial charge in [-0.05, 0) is 43.0 Å². The number of allylic oxidation sites excluding steroid dienone is 7. The molecule has 108 valence electrons. The van der Waals surface area contributed by atoms with Gasteiger partial charge in [-0.15, -0.1) is 0 Å². The molecule has 0 saturated heterocycles. The zero-order chi connectivity index (χ0) is 15.2. The number of hydrogen-bond donors (Lipinski definition) is 2. The van der Waals surface area contributed by atoms with Crippen molar-refractivity contribution in [3.8, 4) is 0 Å². The van der Waals surface area contributed by atoms with Crippen LogP contribution < -0.4 is 5.73 Å². The first-order chi connectivity index (χ1) is 10.1. The molecule has 3 N–H and O–H groups in total. The van der Waals surface area contributed by atoms with Crippen LogP contribution in [0.25, 0.3) is 5.57 Å². The molecule has 2 rings (SSSR count). The maximum atomic E-state index is 7.58. The van der Waals surface area contributed by atoms with Gasteiger partial charge in [-0.2, -0.15) is 0 Å². The summed E-state index contributed by atoms with van der Waals surface area (Å²) in [6.45, 7) is 4.05. The number of rotatable bonds is 4. The van der Waals surface area contributed by atoms with E-state index in [-0.39, 0.29) is 0 Å². The topological polar surface area (TPSA) is 49.9 Å². The van der Waals surface area contributed by atoms with Gasteiger partial charge in [0.1, 0.15) is 0 Å². The Morgan fingerprint density at radius 1 is 1.29 bits per heavy atom. The lowest BCUT2D eigenvalue weighted by Gasteiger charge is -2.15. The van der Waals surface area contributed by atoms with Crippen LogP contribution in [0.15, 0.2) is 65.9 Å². The van der Waals surface area contributed by atoms with E-state index in [0.29, 0.717) is 5.92 Å². The SMILES string of the molecule is C/C=C(C)\C=C(/C=N)c1ccc(C2C=CC(N)=CC2)cc1. The van der Waals surface area contributed by atoms with Gasteiger partial charge in [0.2, 0.25) is 0 Å². The van der Waals surface area contributed by atoms with Gasteiger partial charge in [-0.1, -0.05) is 54.1 Å². The van der Waals surface area contributed by atoms with Crippen molar-refractivity contribution in [2.24, 2.45) is 5.73 Å². The molecule has 0 aliphatic heterocycles. The third-order valence-corrected chi connectivity index (χ3v) is 3.79. The Morgan fingerprint density at radius 3 is 2.52 bits per heavy atom. The highest BCUT2D eigenvalue weighted by Crippen LogP contribution is 2.27. The smallest absolute Gasteiger partial charge is 0.0270 e. The molecule has 1 aliphatic rings. The van der Waals surface area contributed by atoms with E-state index in [9.17, 15) is 0 Å². The Balaban J connectivity index is 2.21. The number of nitrogens with two attached hydrogens (primary N) is 1. The summed E-state index contributed by atoms with van der Waals surface area (Å²) in [5.74, 6) is 0.399. The van der Waals surface area contributed by atoms with Crippen molar-refractivity contribution in [1.29, 1.82) is 5.41 Å². The molecule has 1 aromatic rings. The Kier molecular flexibility index (Phi) is 4.94. The van der Waals surface area contributed by atoms with E-state index in [0.717, 1.165) is 28.8 Å². The fourth-order valence-corrected chi connectivity index (χ4v) is 2.34. The second-order valence-electron chi connectivity index (χ2n) is 5.30. The van der Waals surface area contributed by atoms with Gasteiger partial charge in [0.25, 0.3) is 0 Å². The molecule has 1 aromatic carbocycles. The predicted molar refractivity (Wildman–Crippen MR) is 91.4 cm³/mol. The Morgan fingerprint density at radius 2 is 2.00 bits per heavy atom. The highest BCUT2D eigenvalue weighted by atomic mass is 14.6. The lowest BCUT2D eigenvalue weighted by Crippen LogP contribution is -2.03. The second kappa shape index (κ2) is 6.89. The average Bonchev–Trinajstić information content (AvgIpc) is 2.53. The minimum absolute atomic E-state index is 0.399. The van der Waals surface area contributed by atoms with Gasteiger partial charge in [0, 0.05) is 17.8 Å². The molecule has 1 aliphatic carbocycles. The van der Waals surface area contributed by atoms with Crippen molar-refractivity contribution in [2.75, 3.05) is 0 Å². The fraction of sp³-hybridized carbons (Fsp3) is 0.211. The lowest BCUT2D eigenvalue weighted by molar-refractivity contribution is 0.843. The number of hydrogen-bond acceptors (Lipinski definition) is 2. The first kappa shape index (κ1) is 15.0. The van der Waals surface area contributed by atoms with Crippen molar-refractivity contribution in [3.63, 3.8) is 0 Å². The van der Waals surface area contributed by atoms with Crippen molar-refractivity contribution in [3.05, 3.63) is 77.0 Å². The molecule has 21 heavy (non-hydrogen) atoms. The number of benzene rings is 1. The van der Waals surface area contributed by atoms with E-state index < -0.39 is 0 Å². The Labute approximate surface area is 126 Å². The Hall–Kier alpha value is -2.35. The van der Waals surface area contributed by atoms with Crippen LogP contribution in [0.5, 0.6) is 0 Å². The highest BCUT2D eigenvalue weighted by molar-refractivity contribution is 6.08. The molecule has 0 saturated carbocycles. The van der Waals surface area contributed by atoms with Gasteiger partial charge in [-0.3, -0.25) is 0 Å². The van der Waals surface area contributed by atoms with Gasteiger partial charge in [0.15, 0.2) is 0 Å². The minimum Gasteiger partial charge on any atom is -0.399 e. The highest BCUT2D eigenvalue weighted by Gasteiger charge is 2.10. The van der Waals surface area contributed by atoms with E-state index in [1.54, 1.807) is 0 Å². The summed E-state index contributed by atoms with van der Waals surface area (Å²) in [6.07, 6.45) is 12.6. The van der Waals surface area contributed by atoms with Gasteiger partial charge in [-0.25, -0.2) is 0 Å². The van der Waals surface area contributed by atoms with Crippen molar-refractivity contribution >= 4 is 11.8 Å². The molecule has 0 aromatic heterocycles. The average molecular weight is 278 g/mol. The van der Waals surface area contributed by atoms with Crippen LogP contribution >= 0.6 is 0 Å². The van der Waals surface area contributed by atoms with E-state index in [1.165, 1.54) is 11.8 Å². The van der Waals surface area contributed by atoms with E-state index in [2.05, 4.69) is 36.4 Å². The molecular formula is C19H22N2. The summed E-state index contributed by atoms with van der Waals surface area (Å²) in [7, 11) is 0. The van der Waals surface area contributed by atoms with Crippen LogP contribution in [0.2, 0.25) is 0 Å². The van der Waals surface area contributed by atoms with E-state index >= 15 is 0 Å². The van der Waals surface area contributed by atoms with Crippen molar-refractivity contribution < 1.29 is 0 Å². The molecule has 0 fully saturated rings. The monoisotopic (exact) mass is 278 g/mol.